The molecule has 67 heavy (non-hydrogen) atoms. The van der Waals surface area contributed by atoms with E-state index in [9.17, 15) is 20.4 Å². The maximum atomic E-state index is 15.5. The normalized spacial score (nSPS) is 47.2. The van der Waals surface area contributed by atoms with Gasteiger partial charge < -0.3 is 41.0 Å². The first-order chi connectivity index (χ1) is 31.9. The summed E-state index contributed by atoms with van der Waals surface area (Å²) in [5.74, 6) is 8.96. The molecule has 12 rings (SSSR count). The molecule has 7 N–H and O–H groups in total. The van der Waals surface area contributed by atoms with Crippen LogP contribution in [0.2, 0.25) is 0 Å². The Kier molecular flexibility index (Phi) is 10.1. The van der Waals surface area contributed by atoms with Gasteiger partial charge in [0.15, 0.2) is 5.78 Å². The van der Waals surface area contributed by atoms with Crippen LogP contribution in [-0.2, 0) is 26.1 Å². The first-order valence-electron chi connectivity index (χ1n) is 26.7. The zero-order chi connectivity index (χ0) is 46.7. The Balaban J connectivity index is 0.996. The molecule has 1 aromatic rings. The van der Waals surface area contributed by atoms with Crippen LogP contribution in [0.25, 0.3) is 0 Å². The van der Waals surface area contributed by atoms with Gasteiger partial charge in [-0.1, -0.05) is 82.7 Å². The van der Waals surface area contributed by atoms with Gasteiger partial charge in [0.2, 0.25) is 0 Å². The van der Waals surface area contributed by atoms with Crippen LogP contribution in [0.5, 0.6) is 0 Å². The first-order valence-corrected chi connectivity index (χ1v) is 26.7. The maximum Gasteiger partial charge on any atom is 0.162 e. The van der Waals surface area contributed by atoms with Gasteiger partial charge in [0, 0.05) is 35.8 Å². The van der Waals surface area contributed by atoms with Crippen molar-refractivity contribution < 1.29 is 34.7 Å². The summed E-state index contributed by atoms with van der Waals surface area (Å²) in [6.45, 7) is 12.0. The molecule has 0 amide bonds. The fourth-order valence-corrected chi connectivity index (χ4v) is 19.0. The van der Waals surface area contributed by atoms with Crippen LogP contribution in [0.15, 0.2) is 59.0 Å². The number of allylic oxidation sites excluding steroid dienone is 3. The number of aliphatic hydroxyl groups excluding tert-OH is 2. The Morgan fingerprint density at radius 3 is 2.58 bits per heavy atom. The SMILES string of the molecule is C[C@H]1CCO[C@]([C@H]2C[C@@H]3CCC4=C5[C@@H]6[C@]7(CCc8ccccc8C8(C#C[C@H](C7)[C@@H]7C[C@H](O)C[C@@H](C4=O)[C@@]67C)CCCC8)C[C@@]2(C)[C@]53O)([C@H]2O[C@@H]2[C@](C)(O)[C@](C)(CO)CCC2=CCNC(N)=C2)C1. The van der Waals surface area contributed by atoms with Gasteiger partial charge in [0.1, 0.15) is 17.8 Å². The number of hydrogen-bond acceptors (Lipinski definition) is 9. The van der Waals surface area contributed by atoms with Crippen molar-refractivity contribution in [3.8, 4) is 11.8 Å². The second-order valence-electron chi connectivity index (χ2n) is 25.6. The smallest absolute Gasteiger partial charge is 0.162 e. The summed E-state index contributed by atoms with van der Waals surface area (Å²) in [6.07, 6.45) is 16.9. The van der Waals surface area contributed by atoms with Crippen LogP contribution in [0.3, 0.4) is 0 Å². The number of nitrogens with two attached hydrogens (primary N) is 1. The molecule has 0 unspecified atom stereocenters. The molecule has 3 aliphatic heterocycles. The Hall–Kier alpha value is -2.97. The number of rotatable bonds is 8. The number of dihydropyridines is 1. The second-order valence-corrected chi connectivity index (χ2v) is 25.6. The zero-order valence-corrected chi connectivity index (χ0v) is 41.0. The number of aliphatic hydroxyl groups is 4. The predicted octanol–water partition coefficient (Wildman–Crippen LogP) is 7.73. The van der Waals surface area contributed by atoms with Crippen molar-refractivity contribution in [1.29, 1.82) is 0 Å². The lowest BCUT2D eigenvalue weighted by atomic mass is 9.31. The largest absolute Gasteiger partial charge is 0.396 e. The molecule has 9 nitrogen and oxygen atoms in total. The number of benzene rings is 1. The molecule has 2 spiro atoms. The number of epoxide rings is 1. The average Bonchev–Trinajstić information content (AvgIpc) is 3.93. The first kappa shape index (κ1) is 45.2. The Labute approximate surface area is 399 Å². The highest BCUT2D eigenvalue weighted by Gasteiger charge is 2.82. The van der Waals surface area contributed by atoms with E-state index < -0.39 is 51.4 Å². The predicted molar refractivity (Wildman–Crippen MR) is 257 cm³/mol. The van der Waals surface area contributed by atoms with Crippen molar-refractivity contribution in [2.45, 2.75) is 184 Å². The van der Waals surface area contributed by atoms with Crippen molar-refractivity contribution in [3.05, 3.63) is 70.1 Å². The summed E-state index contributed by atoms with van der Waals surface area (Å²) in [7, 11) is 0. The molecular weight excluding hydrogens is 837 g/mol. The third kappa shape index (κ3) is 5.99. The van der Waals surface area contributed by atoms with E-state index in [1.165, 1.54) is 24.0 Å². The van der Waals surface area contributed by atoms with Crippen LogP contribution in [0, 0.1) is 74.9 Å². The molecule has 8 aliphatic carbocycles. The molecular formula is C58H78N2O7. The summed E-state index contributed by atoms with van der Waals surface area (Å²) in [6, 6.07) is 9.15. The summed E-state index contributed by atoms with van der Waals surface area (Å²) in [5, 5.41) is 53.5. The van der Waals surface area contributed by atoms with E-state index in [1.807, 2.05) is 19.9 Å². The number of nitrogens with one attached hydrogen (secondary N) is 1. The number of aryl methyl sites for hydroxylation is 1. The highest BCUT2D eigenvalue weighted by Crippen LogP contribution is 2.82. The van der Waals surface area contributed by atoms with Gasteiger partial charge in [0.25, 0.3) is 0 Å². The van der Waals surface area contributed by atoms with Crippen molar-refractivity contribution in [2.75, 3.05) is 19.8 Å². The third-order valence-corrected chi connectivity index (χ3v) is 22.5. The molecule has 17 atom stereocenters. The number of ketones is 1. The topological polar surface area (TPSA) is 158 Å². The van der Waals surface area contributed by atoms with Crippen LogP contribution >= 0.6 is 0 Å². The highest BCUT2D eigenvalue weighted by atomic mass is 16.6. The molecule has 362 valence electrons. The Bertz CT molecular complexity index is 2410. The summed E-state index contributed by atoms with van der Waals surface area (Å²) in [4.78, 5) is 15.5. The zero-order valence-electron chi connectivity index (χ0n) is 41.0. The summed E-state index contributed by atoms with van der Waals surface area (Å²) < 4.78 is 14.4. The number of carbonyl (C=O) groups excluding carboxylic acids is 1. The Morgan fingerprint density at radius 1 is 1.03 bits per heavy atom. The van der Waals surface area contributed by atoms with Crippen LogP contribution < -0.4 is 11.1 Å². The van der Waals surface area contributed by atoms with Gasteiger partial charge in [-0.3, -0.25) is 4.79 Å². The van der Waals surface area contributed by atoms with Gasteiger partial charge in [-0.25, -0.2) is 0 Å². The van der Waals surface area contributed by atoms with E-state index in [1.54, 1.807) is 0 Å². The minimum absolute atomic E-state index is 0.0122. The molecule has 3 heterocycles. The van der Waals surface area contributed by atoms with Crippen molar-refractivity contribution in [1.82, 2.24) is 5.32 Å². The number of fused-ring (bicyclic) bond motifs is 4. The van der Waals surface area contributed by atoms with Crippen molar-refractivity contribution in [2.24, 2.45) is 68.8 Å². The minimum atomic E-state index is -1.39. The monoisotopic (exact) mass is 915 g/mol. The van der Waals surface area contributed by atoms with Gasteiger partial charge in [-0.05, 0) is 178 Å². The molecule has 5 saturated carbocycles. The van der Waals surface area contributed by atoms with Crippen LogP contribution in [-0.4, -0.2) is 81.1 Å². The third-order valence-electron chi connectivity index (χ3n) is 22.5. The number of ether oxygens (including phenoxy) is 2. The molecule has 9 heteroatoms. The van der Waals surface area contributed by atoms with E-state index in [-0.39, 0.29) is 58.7 Å². The van der Waals surface area contributed by atoms with Crippen molar-refractivity contribution >= 4 is 5.78 Å². The molecule has 2 bridgehead atoms. The Morgan fingerprint density at radius 2 is 1.82 bits per heavy atom. The molecule has 0 radical (unpaired) electrons. The lowest BCUT2D eigenvalue weighted by molar-refractivity contribution is -0.243. The molecule has 1 aromatic carbocycles. The molecule has 0 aromatic heterocycles. The molecule has 2 saturated heterocycles. The van der Waals surface area contributed by atoms with E-state index in [0.717, 1.165) is 80.9 Å². The summed E-state index contributed by atoms with van der Waals surface area (Å²) in [5.41, 5.74) is 6.16. The highest BCUT2D eigenvalue weighted by molar-refractivity contribution is 6.01. The van der Waals surface area contributed by atoms with Gasteiger partial charge in [-0.15, -0.1) is 0 Å². The molecule has 7 fully saturated rings. The number of carbonyl (C=O) groups is 1. The fraction of sp³-hybridized carbons (Fsp3) is 0.741. The summed E-state index contributed by atoms with van der Waals surface area (Å²) >= 11 is 0. The van der Waals surface area contributed by atoms with E-state index in [2.05, 4.69) is 68.3 Å². The number of hydrogen-bond donors (Lipinski definition) is 6. The van der Waals surface area contributed by atoms with Gasteiger partial charge >= 0.3 is 0 Å². The van der Waals surface area contributed by atoms with Crippen molar-refractivity contribution in [3.63, 3.8) is 0 Å². The lowest BCUT2D eigenvalue weighted by Gasteiger charge is -2.73. The van der Waals surface area contributed by atoms with E-state index in [4.69, 9.17) is 15.2 Å². The van der Waals surface area contributed by atoms with E-state index >= 15 is 4.79 Å². The minimum Gasteiger partial charge on any atom is -0.396 e. The quantitative estimate of drug-likeness (QED) is 0.114. The van der Waals surface area contributed by atoms with Crippen LogP contribution in [0.4, 0.5) is 0 Å². The van der Waals surface area contributed by atoms with E-state index in [0.29, 0.717) is 57.0 Å². The second kappa shape index (κ2) is 15.0. The lowest BCUT2D eigenvalue weighted by Crippen LogP contribution is -2.73. The standard InChI is InChI=1S/C58H78N2O7/c1-34-18-25-66-57(30-34,50-49(67-50)54(5,64)51(2,33-61)21-14-35-17-24-60-45(59)26-35)44-27-38-12-13-40-46-48-53(4)42(28-39(62)29-43(53)47(40)63)37-16-22-55(19-8-9-20-55)41-11-7-6-10-36(41)15-23-56(48,31-37)32-52(44,3)58(38,46)65/h6-7,10-11,17,26,34,37-39,42-44,48-50,60-62,64-65H,8-9,12-15,18-21,23-25,27-33,59H2,1-5H3/t34-,37+,38-,39-,42-,43-,44-,48-,49-,50-,51-,52+,53-,54-,56-,57+,58+/m0/s1. The van der Waals surface area contributed by atoms with Gasteiger partial charge in [0.05, 0.1) is 35.1 Å². The average molecular weight is 915 g/mol. The number of Topliss-reactive ketones (excluding diaryl/α,β-unsaturated/α-hetero) is 1. The molecule has 11 aliphatic rings. The van der Waals surface area contributed by atoms with Gasteiger partial charge in [-0.2, -0.15) is 0 Å². The maximum absolute atomic E-state index is 15.5. The fourth-order valence-electron chi connectivity index (χ4n) is 19.0. The van der Waals surface area contributed by atoms with Crippen LogP contribution in [0.1, 0.15) is 148 Å².